The Bertz CT molecular complexity index is 1970. The number of nitrogens with zero attached hydrogens (tertiary/aromatic N) is 1. The lowest BCUT2D eigenvalue weighted by atomic mass is 9.77. The summed E-state index contributed by atoms with van der Waals surface area (Å²) in [4.78, 5) is 4.90. The van der Waals surface area contributed by atoms with E-state index in [1.807, 2.05) is 48.2 Å². The number of para-hydroxylation sites is 3. The Morgan fingerprint density at radius 2 is 1.15 bits per heavy atom. The van der Waals surface area contributed by atoms with Crippen molar-refractivity contribution in [3.63, 3.8) is 0 Å². The van der Waals surface area contributed by atoms with Crippen molar-refractivity contribution in [2.24, 2.45) is 0 Å². The number of rotatable bonds is 3. The van der Waals surface area contributed by atoms with Gasteiger partial charge in [-0.2, -0.15) is 0 Å². The van der Waals surface area contributed by atoms with Crippen LogP contribution in [0.5, 0.6) is 23.0 Å². The quantitative estimate of drug-likeness (QED) is 0.218. The van der Waals surface area contributed by atoms with E-state index in [9.17, 15) is 0 Å². The van der Waals surface area contributed by atoms with Crippen LogP contribution in [0.15, 0.2) is 137 Å². The number of ether oxygens (including phenoxy) is 2. The third-order valence-electron chi connectivity index (χ3n) is 8.17. The molecule has 2 aliphatic heterocycles. The summed E-state index contributed by atoms with van der Waals surface area (Å²) in [6.07, 6.45) is 0. The van der Waals surface area contributed by atoms with Gasteiger partial charge in [-0.25, -0.2) is 0 Å². The topological polar surface area (TPSA) is 21.7 Å². The third-order valence-corrected chi connectivity index (χ3v) is 9.38. The van der Waals surface area contributed by atoms with Gasteiger partial charge in [-0.05, 0) is 59.0 Å². The van der Waals surface area contributed by atoms with Crippen molar-refractivity contribution in [1.82, 2.24) is 0 Å². The Balaban J connectivity index is 1.41. The van der Waals surface area contributed by atoms with Gasteiger partial charge in [0.25, 0.3) is 0 Å². The van der Waals surface area contributed by atoms with E-state index < -0.39 is 0 Å². The number of anilines is 3. The fourth-order valence-corrected chi connectivity index (χ4v) is 7.63. The van der Waals surface area contributed by atoms with Crippen molar-refractivity contribution in [2.75, 3.05) is 4.90 Å². The Hall–Kier alpha value is -4.67. The molecule has 41 heavy (non-hydrogen) atoms. The first kappa shape index (κ1) is 24.2. The zero-order valence-corrected chi connectivity index (χ0v) is 23.6. The molecular formula is C37H27NO2S. The van der Waals surface area contributed by atoms with Crippen LogP contribution < -0.4 is 14.4 Å². The summed E-state index contributed by atoms with van der Waals surface area (Å²) in [5.41, 5.74) is 5.66. The lowest BCUT2D eigenvalue weighted by molar-refractivity contribution is 0.360. The molecule has 0 unspecified atom stereocenters. The summed E-state index contributed by atoms with van der Waals surface area (Å²) in [6.45, 7) is 4.66. The minimum absolute atomic E-state index is 0.147. The van der Waals surface area contributed by atoms with Crippen LogP contribution in [-0.2, 0) is 5.41 Å². The SMILES string of the molecule is CC1(C)c2ccccc2Sc2c(N(c3cccc4c3Oc3ccccc3O4)c3cccc4ccccc34)cccc21. The minimum atomic E-state index is -0.147. The van der Waals surface area contributed by atoms with Gasteiger partial charge in [0.15, 0.2) is 23.0 Å². The predicted octanol–water partition coefficient (Wildman–Crippen LogP) is 11.0. The smallest absolute Gasteiger partial charge is 0.194 e. The number of fused-ring (bicyclic) bond motifs is 5. The van der Waals surface area contributed by atoms with Crippen molar-refractivity contribution in [1.29, 1.82) is 0 Å². The summed E-state index contributed by atoms with van der Waals surface area (Å²) >= 11 is 1.85. The maximum absolute atomic E-state index is 6.61. The van der Waals surface area contributed by atoms with Gasteiger partial charge < -0.3 is 14.4 Å². The molecule has 0 amide bonds. The largest absolute Gasteiger partial charge is 0.449 e. The number of benzene rings is 6. The molecule has 3 nitrogen and oxygen atoms in total. The first-order valence-electron chi connectivity index (χ1n) is 13.9. The molecule has 4 heteroatoms. The molecule has 0 atom stereocenters. The highest BCUT2D eigenvalue weighted by Crippen LogP contribution is 2.57. The highest BCUT2D eigenvalue weighted by atomic mass is 32.2. The van der Waals surface area contributed by atoms with Gasteiger partial charge in [0.1, 0.15) is 0 Å². The second-order valence-electron chi connectivity index (χ2n) is 11.0. The van der Waals surface area contributed by atoms with E-state index in [-0.39, 0.29) is 5.41 Å². The fourth-order valence-electron chi connectivity index (χ4n) is 6.13. The summed E-state index contributed by atoms with van der Waals surface area (Å²) in [5.74, 6) is 2.84. The summed E-state index contributed by atoms with van der Waals surface area (Å²) in [6, 6.07) is 44.5. The van der Waals surface area contributed by atoms with Crippen molar-refractivity contribution in [2.45, 2.75) is 29.1 Å². The molecule has 6 aromatic carbocycles. The van der Waals surface area contributed by atoms with Crippen molar-refractivity contribution in [3.8, 4) is 23.0 Å². The first-order valence-corrected chi connectivity index (χ1v) is 14.7. The van der Waals surface area contributed by atoms with Gasteiger partial charge in [-0.3, -0.25) is 0 Å². The summed E-state index contributed by atoms with van der Waals surface area (Å²) < 4.78 is 13.0. The summed E-state index contributed by atoms with van der Waals surface area (Å²) in [7, 11) is 0. The Morgan fingerprint density at radius 1 is 0.537 bits per heavy atom. The van der Waals surface area contributed by atoms with Crippen LogP contribution in [-0.4, -0.2) is 0 Å². The molecule has 0 saturated carbocycles. The molecule has 0 radical (unpaired) electrons. The van der Waals surface area contributed by atoms with Gasteiger partial charge in [-0.1, -0.05) is 111 Å². The van der Waals surface area contributed by atoms with E-state index in [1.54, 1.807) is 0 Å². The number of hydrogen-bond acceptors (Lipinski definition) is 4. The highest BCUT2D eigenvalue weighted by Gasteiger charge is 2.36. The maximum atomic E-state index is 6.61. The van der Waals surface area contributed by atoms with E-state index in [0.717, 1.165) is 22.8 Å². The van der Waals surface area contributed by atoms with Crippen LogP contribution in [0.1, 0.15) is 25.0 Å². The van der Waals surface area contributed by atoms with Crippen LogP contribution in [0.3, 0.4) is 0 Å². The molecule has 0 saturated heterocycles. The predicted molar refractivity (Wildman–Crippen MR) is 168 cm³/mol. The average Bonchev–Trinajstić information content (AvgIpc) is 3.01. The lowest BCUT2D eigenvalue weighted by Gasteiger charge is -2.38. The normalized spacial score (nSPS) is 14.1. The van der Waals surface area contributed by atoms with E-state index in [1.165, 1.54) is 31.7 Å². The van der Waals surface area contributed by atoms with E-state index in [4.69, 9.17) is 9.47 Å². The number of hydrogen-bond donors (Lipinski definition) is 0. The van der Waals surface area contributed by atoms with Crippen LogP contribution in [0.4, 0.5) is 17.1 Å². The monoisotopic (exact) mass is 549 g/mol. The van der Waals surface area contributed by atoms with E-state index in [0.29, 0.717) is 17.2 Å². The van der Waals surface area contributed by atoms with Crippen LogP contribution in [0.25, 0.3) is 10.8 Å². The minimum Gasteiger partial charge on any atom is -0.449 e. The molecule has 2 aliphatic rings. The molecule has 198 valence electrons. The molecule has 6 aromatic rings. The van der Waals surface area contributed by atoms with Crippen molar-refractivity contribution in [3.05, 3.63) is 139 Å². The summed E-state index contributed by atoms with van der Waals surface area (Å²) in [5, 5.41) is 2.35. The van der Waals surface area contributed by atoms with Gasteiger partial charge in [0, 0.05) is 20.6 Å². The zero-order valence-electron chi connectivity index (χ0n) is 22.8. The molecule has 0 aliphatic carbocycles. The zero-order chi connectivity index (χ0) is 27.6. The van der Waals surface area contributed by atoms with Gasteiger partial charge in [0.2, 0.25) is 0 Å². The van der Waals surface area contributed by atoms with Gasteiger partial charge in [0.05, 0.1) is 17.1 Å². The highest BCUT2D eigenvalue weighted by molar-refractivity contribution is 7.99. The van der Waals surface area contributed by atoms with Crippen molar-refractivity contribution < 1.29 is 9.47 Å². The molecule has 2 heterocycles. The van der Waals surface area contributed by atoms with Crippen LogP contribution in [0, 0.1) is 0 Å². The average molecular weight is 550 g/mol. The van der Waals surface area contributed by atoms with Crippen LogP contribution >= 0.6 is 11.8 Å². The molecular weight excluding hydrogens is 522 g/mol. The van der Waals surface area contributed by atoms with Crippen LogP contribution in [0.2, 0.25) is 0 Å². The molecule has 0 bridgehead atoms. The van der Waals surface area contributed by atoms with E-state index >= 15 is 0 Å². The molecule has 0 N–H and O–H groups in total. The Kier molecular flexibility index (Phi) is 5.41. The molecule has 0 aromatic heterocycles. The lowest BCUT2D eigenvalue weighted by Crippen LogP contribution is -2.25. The third kappa shape index (κ3) is 3.75. The molecule has 0 spiro atoms. The van der Waals surface area contributed by atoms with Gasteiger partial charge >= 0.3 is 0 Å². The Labute approximate surface area is 244 Å². The second kappa shape index (κ2) is 9.18. The molecule has 8 rings (SSSR count). The second-order valence-corrected chi connectivity index (χ2v) is 12.0. The standard InChI is InChI=1S/C37H27NO2S/c1-37(2)26-15-5-8-23-34(26)41-36-27(37)16-10-19-30(36)38(28-17-9-13-24-12-3-4-14-25(24)28)29-18-11-22-33-35(29)40-32-21-7-6-20-31(32)39-33/h3-23H,1-2H3. The van der Waals surface area contributed by atoms with Gasteiger partial charge in [-0.15, -0.1) is 0 Å². The van der Waals surface area contributed by atoms with Crippen molar-refractivity contribution >= 4 is 39.6 Å². The first-order chi connectivity index (χ1) is 20.1. The fraction of sp³-hybridized carbons (Fsp3) is 0.0811. The van der Waals surface area contributed by atoms with E-state index in [2.05, 4.69) is 110 Å². The maximum Gasteiger partial charge on any atom is 0.194 e. The Morgan fingerprint density at radius 3 is 2.05 bits per heavy atom. The molecule has 0 fully saturated rings.